The van der Waals surface area contributed by atoms with Gasteiger partial charge in [0.15, 0.2) is 0 Å². The second-order valence-corrected chi connectivity index (χ2v) is 5.70. The van der Waals surface area contributed by atoms with E-state index in [0.29, 0.717) is 12.1 Å². The maximum Gasteiger partial charge on any atom is 0.00793 e. The molecule has 0 saturated heterocycles. The zero-order valence-corrected chi connectivity index (χ0v) is 13.2. The van der Waals surface area contributed by atoms with Crippen LogP contribution in [0.1, 0.15) is 79.1 Å². The van der Waals surface area contributed by atoms with Gasteiger partial charge in [-0.25, -0.2) is 0 Å². The lowest BCUT2D eigenvalue weighted by molar-refractivity contribution is 0.447. The summed E-state index contributed by atoms with van der Waals surface area (Å²) in [6.45, 7) is 11.3. The topological polar surface area (TPSA) is 24.1 Å². The van der Waals surface area contributed by atoms with Crippen molar-refractivity contribution >= 4 is 0 Å². The number of unbranched alkanes of at least 4 members (excludes halogenated alkanes) is 4. The molecular weight excluding hydrogens is 220 g/mol. The first kappa shape index (κ1) is 17.9. The van der Waals surface area contributed by atoms with Crippen LogP contribution in [0.3, 0.4) is 0 Å². The van der Waals surface area contributed by atoms with Crippen molar-refractivity contribution in [2.24, 2.45) is 0 Å². The number of hydrogen-bond acceptors (Lipinski definition) is 2. The van der Waals surface area contributed by atoms with Crippen LogP contribution in [-0.2, 0) is 0 Å². The molecule has 0 spiro atoms. The van der Waals surface area contributed by atoms with Gasteiger partial charge in [0.2, 0.25) is 0 Å². The predicted molar refractivity (Wildman–Crippen MR) is 83.2 cm³/mol. The van der Waals surface area contributed by atoms with Gasteiger partial charge in [-0.2, -0.15) is 0 Å². The van der Waals surface area contributed by atoms with Crippen LogP contribution in [0.2, 0.25) is 0 Å². The van der Waals surface area contributed by atoms with Crippen LogP contribution < -0.4 is 10.6 Å². The highest BCUT2D eigenvalue weighted by Crippen LogP contribution is 2.03. The highest BCUT2D eigenvalue weighted by molar-refractivity contribution is 4.65. The summed E-state index contributed by atoms with van der Waals surface area (Å²) in [4.78, 5) is 0. The highest BCUT2D eigenvalue weighted by Gasteiger charge is 2.02. The minimum atomic E-state index is 0.675. The van der Waals surface area contributed by atoms with E-state index in [2.05, 4.69) is 38.3 Å². The first-order valence-corrected chi connectivity index (χ1v) is 8.17. The molecule has 0 amide bonds. The molecule has 2 atom stereocenters. The summed E-state index contributed by atoms with van der Waals surface area (Å²) in [5.41, 5.74) is 0. The molecule has 18 heavy (non-hydrogen) atoms. The molecule has 2 N–H and O–H groups in total. The Morgan fingerprint density at radius 2 is 1.06 bits per heavy atom. The molecule has 0 fully saturated rings. The van der Waals surface area contributed by atoms with Gasteiger partial charge in [-0.3, -0.25) is 0 Å². The largest absolute Gasteiger partial charge is 0.313 e. The van der Waals surface area contributed by atoms with Gasteiger partial charge >= 0.3 is 0 Å². The van der Waals surface area contributed by atoms with Gasteiger partial charge in [0, 0.05) is 25.2 Å². The molecule has 0 aliphatic carbocycles. The van der Waals surface area contributed by atoms with E-state index in [-0.39, 0.29) is 0 Å². The van der Waals surface area contributed by atoms with Gasteiger partial charge in [0.25, 0.3) is 0 Å². The molecule has 0 saturated carbocycles. The van der Waals surface area contributed by atoms with Crippen LogP contribution in [0.25, 0.3) is 0 Å². The van der Waals surface area contributed by atoms with Crippen molar-refractivity contribution in [2.45, 2.75) is 91.1 Å². The molecule has 0 rings (SSSR count). The summed E-state index contributed by atoms with van der Waals surface area (Å²) in [7, 11) is 0. The van der Waals surface area contributed by atoms with E-state index in [1.54, 1.807) is 0 Å². The molecule has 2 unspecified atom stereocenters. The predicted octanol–water partition coefficient (Wildman–Crippen LogP) is 4.10. The molecule has 0 aromatic heterocycles. The Morgan fingerprint density at radius 1 is 0.667 bits per heavy atom. The summed E-state index contributed by atoms with van der Waals surface area (Å²) < 4.78 is 0. The summed E-state index contributed by atoms with van der Waals surface area (Å²) in [6, 6.07) is 1.35. The van der Waals surface area contributed by atoms with Gasteiger partial charge in [0.1, 0.15) is 0 Å². The molecule has 2 heteroatoms. The minimum Gasteiger partial charge on any atom is -0.313 e. The van der Waals surface area contributed by atoms with Gasteiger partial charge in [-0.15, -0.1) is 0 Å². The standard InChI is InChI=1S/C16H36N2/c1-5-7-9-11-15(3)17-13-14-18-16(4)12-10-8-6-2/h15-18H,5-14H2,1-4H3. The lowest BCUT2D eigenvalue weighted by atomic mass is 10.1. The van der Waals surface area contributed by atoms with Crippen LogP contribution in [0.4, 0.5) is 0 Å². The molecule has 0 heterocycles. The lowest BCUT2D eigenvalue weighted by Gasteiger charge is -2.16. The smallest absolute Gasteiger partial charge is 0.00793 e. The normalized spacial score (nSPS) is 14.7. The number of rotatable bonds is 13. The third-order valence-electron chi connectivity index (χ3n) is 3.59. The highest BCUT2D eigenvalue weighted by atomic mass is 15.0. The molecular formula is C16H36N2. The van der Waals surface area contributed by atoms with Crippen LogP contribution in [0, 0.1) is 0 Å². The first-order valence-electron chi connectivity index (χ1n) is 8.17. The molecule has 0 aromatic carbocycles. The Balaban J connectivity index is 3.27. The third kappa shape index (κ3) is 12.4. The number of nitrogens with one attached hydrogen (secondary N) is 2. The van der Waals surface area contributed by atoms with Gasteiger partial charge in [-0.05, 0) is 26.7 Å². The Kier molecular flexibility index (Phi) is 13.3. The fraction of sp³-hybridized carbons (Fsp3) is 1.00. The van der Waals surface area contributed by atoms with Crippen molar-refractivity contribution < 1.29 is 0 Å². The van der Waals surface area contributed by atoms with E-state index in [4.69, 9.17) is 0 Å². The van der Waals surface area contributed by atoms with Crippen LogP contribution in [-0.4, -0.2) is 25.2 Å². The molecule has 2 nitrogen and oxygen atoms in total. The number of hydrogen-bond donors (Lipinski definition) is 2. The van der Waals surface area contributed by atoms with E-state index < -0.39 is 0 Å². The van der Waals surface area contributed by atoms with E-state index >= 15 is 0 Å². The molecule has 0 bridgehead atoms. The maximum absolute atomic E-state index is 3.60. The molecule has 0 radical (unpaired) electrons. The van der Waals surface area contributed by atoms with Crippen molar-refractivity contribution in [1.82, 2.24) is 10.6 Å². The molecule has 110 valence electrons. The van der Waals surface area contributed by atoms with Crippen molar-refractivity contribution in [3.8, 4) is 0 Å². The van der Waals surface area contributed by atoms with E-state index in [1.807, 2.05) is 0 Å². The van der Waals surface area contributed by atoms with E-state index in [9.17, 15) is 0 Å². The zero-order valence-electron chi connectivity index (χ0n) is 13.2. The van der Waals surface area contributed by atoms with Crippen molar-refractivity contribution in [2.75, 3.05) is 13.1 Å². The average Bonchev–Trinajstić information content (AvgIpc) is 2.35. The summed E-state index contributed by atoms with van der Waals surface area (Å²) in [6.07, 6.45) is 10.8. The Hall–Kier alpha value is -0.0800. The monoisotopic (exact) mass is 256 g/mol. The van der Waals surface area contributed by atoms with Gasteiger partial charge in [0.05, 0.1) is 0 Å². The summed E-state index contributed by atoms with van der Waals surface area (Å²) in [5.74, 6) is 0. The van der Waals surface area contributed by atoms with Gasteiger partial charge < -0.3 is 10.6 Å². The minimum absolute atomic E-state index is 0.675. The quantitative estimate of drug-likeness (QED) is 0.485. The van der Waals surface area contributed by atoms with Crippen molar-refractivity contribution in [3.05, 3.63) is 0 Å². The SMILES string of the molecule is CCCCCC(C)NCCNC(C)CCCCC. The lowest BCUT2D eigenvalue weighted by Crippen LogP contribution is -2.36. The van der Waals surface area contributed by atoms with Crippen molar-refractivity contribution in [1.29, 1.82) is 0 Å². The Morgan fingerprint density at radius 3 is 1.39 bits per heavy atom. The average molecular weight is 256 g/mol. The van der Waals surface area contributed by atoms with Crippen LogP contribution in [0.15, 0.2) is 0 Å². The fourth-order valence-electron chi connectivity index (χ4n) is 2.24. The van der Waals surface area contributed by atoms with Crippen LogP contribution >= 0.6 is 0 Å². The van der Waals surface area contributed by atoms with Crippen molar-refractivity contribution in [3.63, 3.8) is 0 Å². The second kappa shape index (κ2) is 13.4. The zero-order chi connectivity index (χ0) is 13.6. The summed E-state index contributed by atoms with van der Waals surface area (Å²) >= 11 is 0. The molecule has 0 aromatic rings. The van der Waals surface area contributed by atoms with Gasteiger partial charge in [-0.1, -0.05) is 52.4 Å². The third-order valence-corrected chi connectivity index (χ3v) is 3.59. The Bertz CT molecular complexity index is 141. The molecule has 0 aliphatic heterocycles. The van der Waals surface area contributed by atoms with E-state index in [1.165, 1.54) is 51.4 Å². The van der Waals surface area contributed by atoms with Crippen LogP contribution in [0.5, 0.6) is 0 Å². The second-order valence-electron chi connectivity index (χ2n) is 5.70. The maximum atomic E-state index is 3.60. The summed E-state index contributed by atoms with van der Waals surface area (Å²) in [5, 5.41) is 7.20. The first-order chi connectivity index (χ1) is 8.70. The fourth-order valence-corrected chi connectivity index (χ4v) is 2.24. The Labute approximate surface area is 115 Å². The van der Waals surface area contributed by atoms with E-state index in [0.717, 1.165) is 13.1 Å². The molecule has 0 aliphatic rings.